The predicted octanol–water partition coefficient (Wildman–Crippen LogP) is 0.910. The molecule has 0 spiro atoms. The van der Waals surface area contributed by atoms with Crippen molar-refractivity contribution >= 4 is 0 Å². The first-order valence-electron chi connectivity index (χ1n) is 4.85. The van der Waals surface area contributed by atoms with E-state index in [0.717, 1.165) is 0 Å². The Balaban J connectivity index is 2.44. The maximum Gasteiger partial charge on any atom is 0.415 e. The largest absolute Gasteiger partial charge is 0.415 e. The zero-order valence-electron chi connectivity index (χ0n) is 9.12. The fraction of sp³-hybridized carbons (Fsp3) is 0.500. The summed E-state index contributed by atoms with van der Waals surface area (Å²) < 4.78 is 37.5. The highest BCUT2D eigenvalue weighted by atomic mass is 19.4. The van der Waals surface area contributed by atoms with Gasteiger partial charge in [-0.3, -0.25) is 0 Å². The molecule has 0 aromatic carbocycles. The highest BCUT2D eigenvalue weighted by Crippen LogP contribution is 2.19. The molecule has 4 nitrogen and oxygen atoms in total. The van der Waals surface area contributed by atoms with Crippen LogP contribution in [-0.2, 0) is 13.6 Å². The molecule has 1 unspecified atom stereocenters. The SMILES string of the molecule is Cn1cc(CNCC(O)C(F)(F)F)cc1C#N. The van der Waals surface area contributed by atoms with Gasteiger partial charge in [-0.05, 0) is 11.6 Å². The fourth-order valence-corrected chi connectivity index (χ4v) is 1.31. The zero-order valence-corrected chi connectivity index (χ0v) is 9.12. The summed E-state index contributed by atoms with van der Waals surface area (Å²) in [4.78, 5) is 0. The lowest BCUT2D eigenvalue weighted by molar-refractivity contribution is -0.201. The molecule has 17 heavy (non-hydrogen) atoms. The molecular weight excluding hydrogens is 235 g/mol. The second kappa shape index (κ2) is 5.21. The number of hydrogen-bond acceptors (Lipinski definition) is 3. The van der Waals surface area contributed by atoms with E-state index in [1.807, 2.05) is 6.07 Å². The molecule has 7 heteroatoms. The van der Waals surface area contributed by atoms with E-state index in [0.29, 0.717) is 11.3 Å². The number of alkyl halides is 3. The van der Waals surface area contributed by atoms with Gasteiger partial charge in [-0.2, -0.15) is 18.4 Å². The zero-order chi connectivity index (χ0) is 13.1. The summed E-state index contributed by atoms with van der Waals surface area (Å²) in [6.07, 6.45) is -5.34. The van der Waals surface area contributed by atoms with Gasteiger partial charge in [-0.15, -0.1) is 0 Å². The van der Waals surface area contributed by atoms with Crippen LogP contribution in [0, 0.1) is 11.3 Å². The molecule has 0 aliphatic carbocycles. The van der Waals surface area contributed by atoms with Crippen molar-refractivity contribution < 1.29 is 18.3 Å². The fourth-order valence-electron chi connectivity index (χ4n) is 1.31. The molecule has 1 rings (SSSR count). The van der Waals surface area contributed by atoms with Gasteiger partial charge in [0.25, 0.3) is 0 Å². The van der Waals surface area contributed by atoms with Gasteiger partial charge in [0.15, 0.2) is 6.10 Å². The summed E-state index contributed by atoms with van der Waals surface area (Å²) in [5.41, 5.74) is 1.12. The van der Waals surface area contributed by atoms with Gasteiger partial charge in [-0.1, -0.05) is 0 Å². The van der Waals surface area contributed by atoms with Gasteiger partial charge in [0.05, 0.1) is 0 Å². The molecule has 1 aromatic heterocycles. The van der Waals surface area contributed by atoms with Crippen molar-refractivity contribution in [2.75, 3.05) is 6.54 Å². The number of aliphatic hydroxyl groups is 1. The van der Waals surface area contributed by atoms with Crippen molar-refractivity contribution in [1.29, 1.82) is 5.26 Å². The van der Waals surface area contributed by atoms with E-state index in [4.69, 9.17) is 10.4 Å². The van der Waals surface area contributed by atoms with Crippen LogP contribution >= 0.6 is 0 Å². The van der Waals surface area contributed by atoms with E-state index in [9.17, 15) is 13.2 Å². The molecule has 0 amide bonds. The Hall–Kier alpha value is -1.52. The lowest BCUT2D eigenvalue weighted by atomic mass is 10.3. The summed E-state index contributed by atoms with van der Waals surface area (Å²) in [5.74, 6) is 0. The average molecular weight is 247 g/mol. The van der Waals surface area contributed by atoms with Crippen LogP contribution < -0.4 is 5.32 Å². The highest BCUT2D eigenvalue weighted by molar-refractivity contribution is 5.28. The third-order valence-corrected chi connectivity index (χ3v) is 2.22. The van der Waals surface area contributed by atoms with E-state index < -0.39 is 18.8 Å². The molecule has 1 aromatic rings. The van der Waals surface area contributed by atoms with E-state index in [1.54, 1.807) is 23.9 Å². The summed E-state index contributed by atoms with van der Waals surface area (Å²) in [5, 5.41) is 19.9. The van der Waals surface area contributed by atoms with Crippen LogP contribution in [0.3, 0.4) is 0 Å². The number of nitrogens with one attached hydrogen (secondary N) is 1. The van der Waals surface area contributed by atoms with Gasteiger partial charge in [0, 0.05) is 26.3 Å². The number of aromatic nitrogens is 1. The number of nitrogens with zero attached hydrogens (tertiary/aromatic N) is 2. The Morgan fingerprint density at radius 1 is 1.59 bits per heavy atom. The molecule has 2 N–H and O–H groups in total. The van der Waals surface area contributed by atoms with Crippen molar-refractivity contribution in [2.45, 2.75) is 18.8 Å². The van der Waals surface area contributed by atoms with Crippen LogP contribution in [0.5, 0.6) is 0 Å². The average Bonchev–Trinajstić information content (AvgIpc) is 2.57. The summed E-state index contributed by atoms with van der Waals surface area (Å²) >= 11 is 0. The molecule has 0 aliphatic heterocycles. The van der Waals surface area contributed by atoms with Gasteiger partial charge in [0.1, 0.15) is 11.8 Å². The number of rotatable bonds is 4. The normalized spacial score (nSPS) is 13.4. The number of aliphatic hydroxyl groups excluding tert-OH is 1. The monoisotopic (exact) mass is 247 g/mol. The third kappa shape index (κ3) is 3.76. The molecule has 94 valence electrons. The standard InChI is InChI=1S/C10H12F3N3O/c1-16-6-7(2-8(16)3-14)4-15-5-9(17)10(11,12)13/h2,6,9,15,17H,4-5H2,1H3. The molecule has 0 fully saturated rings. The maximum absolute atomic E-state index is 12.0. The molecule has 0 saturated heterocycles. The van der Waals surface area contributed by atoms with Gasteiger partial charge in [-0.25, -0.2) is 0 Å². The Kier molecular flexibility index (Phi) is 4.15. The van der Waals surface area contributed by atoms with E-state index in [-0.39, 0.29) is 6.54 Å². The van der Waals surface area contributed by atoms with Crippen LogP contribution in [0.15, 0.2) is 12.3 Å². The van der Waals surface area contributed by atoms with Gasteiger partial charge < -0.3 is 15.0 Å². The molecule has 0 aliphatic rings. The van der Waals surface area contributed by atoms with Gasteiger partial charge in [0.2, 0.25) is 0 Å². The molecular formula is C10H12F3N3O. The Labute approximate surface area is 96.3 Å². The number of hydrogen-bond donors (Lipinski definition) is 2. The maximum atomic E-state index is 12.0. The number of aryl methyl sites for hydroxylation is 1. The van der Waals surface area contributed by atoms with E-state index >= 15 is 0 Å². The first-order chi connectivity index (χ1) is 7.84. The van der Waals surface area contributed by atoms with Crippen LogP contribution in [0.25, 0.3) is 0 Å². The third-order valence-electron chi connectivity index (χ3n) is 2.22. The van der Waals surface area contributed by atoms with Crippen LogP contribution in [0.2, 0.25) is 0 Å². The minimum atomic E-state index is -4.61. The summed E-state index contributed by atoms with van der Waals surface area (Å²) in [6, 6.07) is 3.52. The second-order valence-electron chi connectivity index (χ2n) is 3.64. The van der Waals surface area contributed by atoms with Crippen molar-refractivity contribution in [3.63, 3.8) is 0 Å². The second-order valence-corrected chi connectivity index (χ2v) is 3.64. The molecule has 0 saturated carbocycles. The summed E-state index contributed by atoms with van der Waals surface area (Å²) in [7, 11) is 1.67. The molecule has 0 radical (unpaired) electrons. The minimum Gasteiger partial charge on any atom is -0.382 e. The van der Waals surface area contributed by atoms with Gasteiger partial charge >= 0.3 is 6.18 Å². The minimum absolute atomic E-state index is 0.169. The van der Waals surface area contributed by atoms with Crippen molar-refractivity contribution in [3.8, 4) is 6.07 Å². The number of nitriles is 1. The topological polar surface area (TPSA) is 61.0 Å². The van der Waals surface area contributed by atoms with E-state index in [2.05, 4.69) is 5.32 Å². The lowest BCUT2D eigenvalue weighted by Gasteiger charge is -2.14. The molecule has 1 heterocycles. The Morgan fingerprint density at radius 3 is 2.71 bits per heavy atom. The van der Waals surface area contributed by atoms with Crippen molar-refractivity contribution in [2.24, 2.45) is 7.05 Å². The number of halogens is 3. The Morgan fingerprint density at radius 2 is 2.24 bits per heavy atom. The Bertz CT molecular complexity index is 419. The first kappa shape index (κ1) is 13.5. The highest BCUT2D eigenvalue weighted by Gasteiger charge is 2.37. The lowest BCUT2D eigenvalue weighted by Crippen LogP contribution is -2.38. The predicted molar refractivity (Wildman–Crippen MR) is 53.9 cm³/mol. The smallest absolute Gasteiger partial charge is 0.382 e. The van der Waals surface area contributed by atoms with E-state index in [1.165, 1.54) is 0 Å². The first-order valence-corrected chi connectivity index (χ1v) is 4.85. The summed E-state index contributed by atoms with van der Waals surface area (Å²) in [6.45, 7) is -0.400. The van der Waals surface area contributed by atoms with Crippen molar-refractivity contribution in [1.82, 2.24) is 9.88 Å². The molecule has 1 atom stereocenters. The van der Waals surface area contributed by atoms with Crippen LogP contribution in [-0.4, -0.2) is 28.5 Å². The van der Waals surface area contributed by atoms with Crippen molar-refractivity contribution in [3.05, 3.63) is 23.5 Å². The quantitative estimate of drug-likeness (QED) is 0.831. The van der Waals surface area contributed by atoms with Crippen LogP contribution in [0.4, 0.5) is 13.2 Å². The molecule has 0 bridgehead atoms. The van der Waals surface area contributed by atoms with Crippen LogP contribution in [0.1, 0.15) is 11.3 Å².